The predicted octanol–water partition coefficient (Wildman–Crippen LogP) is 1.70. The largest absolute Gasteiger partial charge is 0.408 e. The summed E-state index contributed by atoms with van der Waals surface area (Å²) in [5.74, 6) is -0.845. The van der Waals surface area contributed by atoms with Gasteiger partial charge in [0, 0.05) is 5.39 Å². The van der Waals surface area contributed by atoms with Crippen LogP contribution in [0.15, 0.2) is 24.3 Å². The van der Waals surface area contributed by atoms with Crippen molar-refractivity contribution in [1.29, 1.82) is 0 Å². The third-order valence-corrected chi connectivity index (χ3v) is 2.22. The minimum atomic E-state index is -4.40. The zero-order valence-electron chi connectivity index (χ0n) is 8.53. The summed E-state index contributed by atoms with van der Waals surface area (Å²) in [5.41, 5.74) is 5.15. The van der Waals surface area contributed by atoms with Crippen LogP contribution in [-0.4, -0.2) is 21.9 Å². The number of benzene rings is 1. The van der Waals surface area contributed by atoms with Gasteiger partial charge < -0.3 is 5.73 Å². The Kier molecular flexibility index (Phi) is 2.53. The molecule has 0 radical (unpaired) electrons. The molecule has 0 saturated carbocycles. The number of nitrogens with two attached hydrogens (primary N) is 1. The molecule has 1 heterocycles. The third-order valence-electron chi connectivity index (χ3n) is 2.22. The van der Waals surface area contributed by atoms with Crippen LogP contribution >= 0.6 is 0 Å². The number of aromatic nitrogens is 2. The maximum absolute atomic E-state index is 12.3. The van der Waals surface area contributed by atoms with Crippen molar-refractivity contribution in [2.45, 2.75) is 12.7 Å². The van der Waals surface area contributed by atoms with Gasteiger partial charge >= 0.3 is 6.18 Å². The van der Waals surface area contributed by atoms with E-state index in [9.17, 15) is 18.0 Å². The van der Waals surface area contributed by atoms with Crippen LogP contribution in [0.1, 0.15) is 10.5 Å². The summed E-state index contributed by atoms with van der Waals surface area (Å²) in [7, 11) is 0. The Morgan fingerprint density at radius 2 is 2.00 bits per heavy atom. The average molecular weight is 243 g/mol. The van der Waals surface area contributed by atoms with Crippen molar-refractivity contribution in [3.63, 3.8) is 0 Å². The predicted molar refractivity (Wildman–Crippen MR) is 54.3 cm³/mol. The average Bonchev–Trinajstić information content (AvgIpc) is 2.55. The Bertz CT molecular complexity index is 574. The van der Waals surface area contributed by atoms with Crippen LogP contribution in [0.3, 0.4) is 0 Å². The van der Waals surface area contributed by atoms with Crippen molar-refractivity contribution in [3.8, 4) is 0 Å². The van der Waals surface area contributed by atoms with Crippen LogP contribution < -0.4 is 5.73 Å². The van der Waals surface area contributed by atoms with Crippen molar-refractivity contribution < 1.29 is 18.0 Å². The van der Waals surface area contributed by atoms with Crippen LogP contribution in [0, 0.1) is 0 Å². The van der Waals surface area contributed by atoms with Crippen molar-refractivity contribution in [2.24, 2.45) is 5.73 Å². The normalized spacial score (nSPS) is 11.9. The summed E-state index contributed by atoms with van der Waals surface area (Å²) in [5, 5.41) is 3.92. The fourth-order valence-electron chi connectivity index (χ4n) is 1.60. The molecule has 0 aliphatic heterocycles. The highest BCUT2D eigenvalue weighted by Gasteiger charge is 2.30. The fourth-order valence-corrected chi connectivity index (χ4v) is 1.60. The second-order valence-electron chi connectivity index (χ2n) is 3.50. The third kappa shape index (κ3) is 2.22. The lowest BCUT2D eigenvalue weighted by molar-refractivity contribution is -0.141. The smallest absolute Gasteiger partial charge is 0.364 e. The molecule has 2 aromatic rings. The quantitative estimate of drug-likeness (QED) is 0.872. The molecule has 0 bridgehead atoms. The standard InChI is InChI=1S/C10H8F3N3O/c11-10(12,13)5-16-7-4-2-1-3-6(7)8(15-16)9(14)17/h1-4H,5H2,(H2,14,17). The number of halogens is 3. The molecule has 0 atom stereocenters. The zero-order valence-corrected chi connectivity index (χ0v) is 8.53. The number of hydrogen-bond donors (Lipinski definition) is 1. The molecule has 1 aromatic heterocycles. The highest BCUT2D eigenvalue weighted by Crippen LogP contribution is 2.23. The minimum Gasteiger partial charge on any atom is -0.364 e. The number of amides is 1. The Morgan fingerprint density at radius 1 is 1.35 bits per heavy atom. The van der Waals surface area contributed by atoms with E-state index < -0.39 is 18.6 Å². The number of nitrogens with zero attached hydrogens (tertiary/aromatic N) is 2. The SMILES string of the molecule is NC(=O)c1nn(CC(F)(F)F)c2ccccc12. The first-order valence-corrected chi connectivity index (χ1v) is 4.70. The van der Waals surface area contributed by atoms with Gasteiger partial charge in [0.15, 0.2) is 5.69 Å². The Labute approximate surface area is 93.8 Å². The molecule has 0 aliphatic carbocycles. The Balaban J connectivity index is 2.61. The van der Waals surface area contributed by atoms with Crippen LogP contribution in [0.25, 0.3) is 10.9 Å². The van der Waals surface area contributed by atoms with Gasteiger partial charge in [0.05, 0.1) is 5.52 Å². The monoisotopic (exact) mass is 243 g/mol. The van der Waals surface area contributed by atoms with E-state index >= 15 is 0 Å². The second kappa shape index (κ2) is 3.76. The maximum atomic E-state index is 12.3. The number of alkyl halides is 3. The van der Waals surface area contributed by atoms with Crippen LogP contribution in [0.5, 0.6) is 0 Å². The first kappa shape index (κ1) is 11.4. The molecule has 0 fully saturated rings. The Morgan fingerprint density at radius 3 is 2.59 bits per heavy atom. The topological polar surface area (TPSA) is 60.9 Å². The van der Waals surface area contributed by atoms with Crippen LogP contribution in [0.4, 0.5) is 13.2 Å². The first-order chi connectivity index (χ1) is 7.88. The second-order valence-corrected chi connectivity index (χ2v) is 3.50. The summed E-state index contributed by atoms with van der Waals surface area (Å²) in [4.78, 5) is 11.1. The lowest BCUT2D eigenvalue weighted by atomic mass is 10.2. The fraction of sp³-hybridized carbons (Fsp3) is 0.200. The van der Waals surface area contributed by atoms with Gasteiger partial charge in [0.2, 0.25) is 0 Å². The van der Waals surface area contributed by atoms with E-state index in [2.05, 4.69) is 5.10 Å². The zero-order chi connectivity index (χ0) is 12.6. The van der Waals surface area contributed by atoms with E-state index in [1.807, 2.05) is 0 Å². The number of carbonyl (C=O) groups is 1. The maximum Gasteiger partial charge on any atom is 0.408 e. The molecular formula is C10H8F3N3O. The van der Waals surface area contributed by atoms with Gasteiger partial charge in [-0.1, -0.05) is 18.2 Å². The van der Waals surface area contributed by atoms with Gasteiger partial charge in [-0.15, -0.1) is 0 Å². The summed E-state index contributed by atoms with van der Waals surface area (Å²) >= 11 is 0. The van der Waals surface area contributed by atoms with Crippen molar-refractivity contribution in [2.75, 3.05) is 0 Å². The lowest BCUT2D eigenvalue weighted by Gasteiger charge is -2.06. The highest BCUT2D eigenvalue weighted by atomic mass is 19.4. The highest BCUT2D eigenvalue weighted by molar-refractivity contribution is 6.04. The van der Waals surface area contributed by atoms with E-state index in [1.54, 1.807) is 12.1 Å². The van der Waals surface area contributed by atoms with Crippen molar-refractivity contribution >= 4 is 16.8 Å². The van der Waals surface area contributed by atoms with E-state index in [4.69, 9.17) is 5.73 Å². The molecule has 1 aromatic carbocycles. The molecule has 0 unspecified atom stereocenters. The number of rotatable bonds is 2. The lowest BCUT2D eigenvalue weighted by Crippen LogP contribution is -2.19. The van der Waals surface area contributed by atoms with Crippen molar-refractivity contribution in [1.82, 2.24) is 9.78 Å². The van der Waals surface area contributed by atoms with Gasteiger partial charge in [-0.05, 0) is 6.07 Å². The van der Waals surface area contributed by atoms with Crippen LogP contribution in [0.2, 0.25) is 0 Å². The molecule has 0 spiro atoms. The minimum absolute atomic E-state index is 0.148. The molecule has 0 aliphatic rings. The number of hydrogen-bond acceptors (Lipinski definition) is 2. The van der Waals surface area contributed by atoms with E-state index in [1.165, 1.54) is 12.1 Å². The molecule has 7 heteroatoms. The van der Waals surface area contributed by atoms with E-state index in [0.29, 0.717) is 5.39 Å². The molecule has 2 N–H and O–H groups in total. The number of carbonyl (C=O) groups excluding carboxylic acids is 1. The number of para-hydroxylation sites is 1. The summed E-state index contributed by atoms with van der Waals surface area (Å²) in [6.45, 7) is -1.25. The molecule has 0 saturated heterocycles. The van der Waals surface area contributed by atoms with E-state index in [-0.39, 0.29) is 11.2 Å². The van der Waals surface area contributed by atoms with Crippen LogP contribution in [-0.2, 0) is 6.54 Å². The number of primary amides is 1. The summed E-state index contributed by atoms with van der Waals surface area (Å²) < 4.78 is 37.6. The molecular weight excluding hydrogens is 235 g/mol. The summed E-state index contributed by atoms with van der Waals surface area (Å²) in [6.07, 6.45) is -4.40. The molecule has 1 amide bonds. The van der Waals surface area contributed by atoms with Gasteiger partial charge in [-0.2, -0.15) is 18.3 Å². The Hall–Kier alpha value is -2.05. The van der Waals surface area contributed by atoms with Gasteiger partial charge in [-0.3, -0.25) is 9.48 Å². The van der Waals surface area contributed by atoms with Gasteiger partial charge in [-0.25, -0.2) is 0 Å². The van der Waals surface area contributed by atoms with E-state index in [0.717, 1.165) is 4.68 Å². The molecule has 2 rings (SSSR count). The molecule has 4 nitrogen and oxygen atoms in total. The number of fused-ring (bicyclic) bond motifs is 1. The molecule has 90 valence electrons. The first-order valence-electron chi connectivity index (χ1n) is 4.70. The van der Waals surface area contributed by atoms with Gasteiger partial charge in [0.25, 0.3) is 5.91 Å². The molecule has 17 heavy (non-hydrogen) atoms. The summed E-state index contributed by atoms with van der Waals surface area (Å²) in [6, 6.07) is 6.14. The van der Waals surface area contributed by atoms with Gasteiger partial charge in [0.1, 0.15) is 6.54 Å². The van der Waals surface area contributed by atoms with Crippen molar-refractivity contribution in [3.05, 3.63) is 30.0 Å².